The van der Waals surface area contributed by atoms with E-state index in [4.69, 9.17) is 11.6 Å². The number of carbonyl (C=O) groups excluding carboxylic acids is 1. The summed E-state index contributed by atoms with van der Waals surface area (Å²) in [6.45, 7) is 4.94. The lowest BCUT2D eigenvalue weighted by Crippen LogP contribution is -2.37. The highest BCUT2D eigenvalue weighted by molar-refractivity contribution is 7.14. The van der Waals surface area contributed by atoms with Gasteiger partial charge in [-0.15, -0.1) is 22.9 Å². The van der Waals surface area contributed by atoms with Crippen molar-refractivity contribution >= 4 is 28.8 Å². The molecule has 0 radical (unpaired) electrons. The van der Waals surface area contributed by atoms with E-state index >= 15 is 0 Å². The average Bonchev–Trinajstić information content (AvgIpc) is 2.56. The van der Waals surface area contributed by atoms with E-state index in [0.29, 0.717) is 11.3 Å². The van der Waals surface area contributed by atoms with Crippen LogP contribution in [0.5, 0.6) is 0 Å². The van der Waals surface area contributed by atoms with E-state index in [9.17, 15) is 4.79 Å². The first-order chi connectivity index (χ1) is 7.97. The summed E-state index contributed by atoms with van der Waals surface area (Å²) in [5.41, 5.74) is 1.20. The molecule has 0 aromatic carbocycles. The molecule has 0 N–H and O–H groups in total. The third-order valence-electron chi connectivity index (χ3n) is 3.43. The van der Waals surface area contributed by atoms with Crippen LogP contribution in [0.2, 0.25) is 0 Å². The minimum atomic E-state index is 0.143. The molecule has 1 aliphatic carbocycles. The molecule has 1 aromatic heterocycles. The molecule has 17 heavy (non-hydrogen) atoms. The van der Waals surface area contributed by atoms with Crippen LogP contribution in [0.4, 0.5) is 0 Å². The van der Waals surface area contributed by atoms with E-state index in [1.54, 1.807) is 11.3 Å². The molecule has 1 fully saturated rings. The number of alkyl halides is 1. The molecule has 0 bridgehead atoms. The van der Waals surface area contributed by atoms with E-state index in [1.807, 2.05) is 24.9 Å². The number of thiophene rings is 1. The van der Waals surface area contributed by atoms with Crippen LogP contribution < -0.4 is 0 Å². The minimum Gasteiger partial charge on any atom is -0.341 e. The molecular weight excluding hydrogens is 254 g/mol. The van der Waals surface area contributed by atoms with Crippen LogP contribution in [-0.4, -0.2) is 29.8 Å². The standard InChI is InChI=1S/C13H18ClNOS/c1-8-4-12(17-9(8)2)13(16)15(3)7-10-5-11(14)6-10/h4,10-11H,5-7H2,1-3H3. The number of hydrogen-bond donors (Lipinski definition) is 0. The van der Waals surface area contributed by atoms with Gasteiger partial charge in [-0.3, -0.25) is 4.79 Å². The second-order valence-corrected chi connectivity index (χ2v) is 6.84. The van der Waals surface area contributed by atoms with Gasteiger partial charge in [0.05, 0.1) is 4.88 Å². The largest absolute Gasteiger partial charge is 0.341 e. The van der Waals surface area contributed by atoms with Gasteiger partial charge in [-0.2, -0.15) is 0 Å². The summed E-state index contributed by atoms with van der Waals surface area (Å²) < 4.78 is 0. The minimum absolute atomic E-state index is 0.143. The molecule has 1 heterocycles. The second-order valence-electron chi connectivity index (χ2n) is 4.97. The van der Waals surface area contributed by atoms with Crippen molar-refractivity contribution in [3.05, 3.63) is 21.4 Å². The molecule has 0 saturated heterocycles. The van der Waals surface area contributed by atoms with Crippen molar-refractivity contribution in [3.8, 4) is 0 Å². The molecule has 0 spiro atoms. The monoisotopic (exact) mass is 271 g/mol. The lowest BCUT2D eigenvalue weighted by atomic mass is 9.84. The zero-order valence-electron chi connectivity index (χ0n) is 10.5. The quantitative estimate of drug-likeness (QED) is 0.771. The van der Waals surface area contributed by atoms with Crippen molar-refractivity contribution < 1.29 is 4.79 Å². The lowest BCUT2D eigenvalue weighted by Gasteiger charge is -2.33. The van der Waals surface area contributed by atoms with Crippen LogP contribution in [0.25, 0.3) is 0 Å². The van der Waals surface area contributed by atoms with Gasteiger partial charge in [0, 0.05) is 23.8 Å². The molecule has 4 heteroatoms. The number of rotatable bonds is 3. The molecule has 94 valence electrons. The summed E-state index contributed by atoms with van der Waals surface area (Å²) in [5, 5.41) is 0.328. The Kier molecular flexibility index (Phi) is 3.79. The Morgan fingerprint density at radius 2 is 2.18 bits per heavy atom. The summed E-state index contributed by atoms with van der Waals surface area (Å²) >= 11 is 7.53. The summed E-state index contributed by atoms with van der Waals surface area (Å²) in [6.07, 6.45) is 2.09. The summed E-state index contributed by atoms with van der Waals surface area (Å²) in [6, 6.07) is 1.99. The van der Waals surface area contributed by atoms with Gasteiger partial charge in [-0.1, -0.05) is 0 Å². The highest BCUT2D eigenvalue weighted by atomic mass is 35.5. The number of hydrogen-bond acceptors (Lipinski definition) is 2. The molecule has 0 unspecified atom stereocenters. The van der Waals surface area contributed by atoms with E-state index in [1.165, 1.54) is 10.4 Å². The van der Waals surface area contributed by atoms with Crippen molar-refractivity contribution in [2.45, 2.75) is 32.1 Å². The fraction of sp³-hybridized carbons (Fsp3) is 0.615. The second kappa shape index (κ2) is 4.99. The summed E-state index contributed by atoms with van der Waals surface area (Å²) in [4.78, 5) is 16.1. The maximum Gasteiger partial charge on any atom is 0.263 e. The molecule has 2 nitrogen and oxygen atoms in total. The van der Waals surface area contributed by atoms with Gasteiger partial charge in [0.2, 0.25) is 0 Å². The zero-order chi connectivity index (χ0) is 12.6. The fourth-order valence-corrected chi connectivity index (χ4v) is 3.67. The first-order valence-electron chi connectivity index (χ1n) is 5.94. The SMILES string of the molecule is Cc1cc(C(=O)N(C)CC2CC(Cl)C2)sc1C. The Bertz CT molecular complexity index is 404. The van der Waals surface area contributed by atoms with Gasteiger partial charge in [0.15, 0.2) is 0 Å². The molecule has 0 atom stereocenters. The van der Waals surface area contributed by atoms with Crippen LogP contribution in [0, 0.1) is 19.8 Å². The van der Waals surface area contributed by atoms with E-state index < -0.39 is 0 Å². The van der Waals surface area contributed by atoms with Gasteiger partial charge >= 0.3 is 0 Å². The summed E-state index contributed by atoms with van der Waals surface area (Å²) in [5.74, 6) is 0.734. The van der Waals surface area contributed by atoms with Crippen LogP contribution in [0.1, 0.15) is 33.0 Å². The highest BCUT2D eigenvalue weighted by Crippen LogP contribution is 2.32. The van der Waals surface area contributed by atoms with Gasteiger partial charge in [0.1, 0.15) is 0 Å². The topological polar surface area (TPSA) is 20.3 Å². The van der Waals surface area contributed by atoms with Crippen molar-refractivity contribution in [2.24, 2.45) is 5.92 Å². The molecule has 0 aliphatic heterocycles. The Morgan fingerprint density at radius 1 is 1.53 bits per heavy atom. The van der Waals surface area contributed by atoms with Crippen molar-refractivity contribution in [3.63, 3.8) is 0 Å². The van der Waals surface area contributed by atoms with Gasteiger partial charge in [-0.05, 0) is 44.2 Å². The predicted molar refractivity (Wildman–Crippen MR) is 73.1 cm³/mol. The molecule has 1 amide bonds. The zero-order valence-corrected chi connectivity index (χ0v) is 12.1. The Balaban J connectivity index is 1.95. The smallest absolute Gasteiger partial charge is 0.263 e. The van der Waals surface area contributed by atoms with E-state index in [0.717, 1.165) is 24.3 Å². The Hall–Kier alpha value is -0.540. The van der Waals surface area contributed by atoms with Crippen molar-refractivity contribution in [1.82, 2.24) is 4.90 Å². The normalized spacial score (nSPS) is 23.3. The number of amides is 1. The van der Waals surface area contributed by atoms with Gasteiger partial charge in [0.25, 0.3) is 5.91 Å². The molecular formula is C13H18ClNOS. The third kappa shape index (κ3) is 2.83. The van der Waals surface area contributed by atoms with E-state index in [2.05, 4.69) is 6.92 Å². The third-order valence-corrected chi connectivity index (χ3v) is 4.93. The van der Waals surface area contributed by atoms with Crippen molar-refractivity contribution in [1.29, 1.82) is 0 Å². The van der Waals surface area contributed by atoms with Crippen LogP contribution >= 0.6 is 22.9 Å². The number of carbonyl (C=O) groups is 1. The molecule has 1 saturated carbocycles. The Labute approximate surface area is 112 Å². The maximum atomic E-state index is 12.2. The fourth-order valence-electron chi connectivity index (χ4n) is 2.14. The molecule has 1 aliphatic rings. The molecule has 2 rings (SSSR count). The number of nitrogens with zero attached hydrogens (tertiary/aromatic N) is 1. The van der Waals surface area contributed by atoms with E-state index in [-0.39, 0.29) is 5.91 Å². The first kappa shape index (κ1) is 12.9. The van der Waals surface area contributed by atoms with Gasteiger partial charge in [-0.25, -0.2) is 0 Å². The average molecular weight is 272 g/mol. The Morgan fingerprint density at radius 3 is 2.65 bits per heavy atom. The predicted octanol–water partition coefficient (Wildman–Crippen LogP) is 3.45. The summed E-state index contributed by atoms with van der Waals surface area (Å²) in [7, 11) is 1.88. The van der Waals surface area contributed by atoms with Gasteiger partial charge < -0.3 is 4.90 Å². The lowest BCUT2D eigenvalue weighted by molar-refractivity contribution is 0.0751. The van der Waals surface area contributed by atoms with Crippen molar-refractivity contribution in [2.75, 3.05) is 13.6 Å². The maximum absolute atomic E-state index is 12.2. The molecule has 1 aromatic rings. The number of halogens is 1. The van der Waals surface area contributed by atoms with Crippen LogP contribution in [-0.2, 0) is 0 Å². The first-order valence-corrected chi connectivity index (χ1v) is 7.19. The van der Waals surface area contributed by atoms with Crippen LogP contribution in [0.3, 0.4) is 0 Å². The number of aryl methyl sites for hydroxylation is 2. The highest BCUT2D eigenvalue weighted by Gasteiger charge is 2.29. The van der Waals surface area contributed by atoms with Crippen LogP contribution in [0.15, 0.2) is 6.07 Å².